The van der Waals surface area contributed by atoms with Crippen LogP contribution < -0.4 is 10.9 Å². The van der Waals surface area contributed by atoms with Crippen LogP contribution in [0.25, 0.3) is 11.1 Å². The standard InChI is InChI=1S/C17H15FIN3O/c1-10-7-12(19)4-6-15(10)21-16-8-11(18)3-5-13(16)14-9-20-22(2)17(14)23/h3-9,20-21H,1-2H3. The van der Waals surface area contributed by atoms with Crippen LogP contribution in [0.5, 0.6) is 0 Å². The van der Waals surface area contributed by atoms with Crippen molar-refractivity contribution in [1.82, 2.24) is 9.78 Å². The highest BCUT2D eigenvalue weighted by Crippen LogP contribution is 2.30. The minimum Gasteiger partial charge on any atom is -0.355 e. The molecule has 0 fully saturated rings. The summed E-state index contributed by atoms with van der Waals surface area (Å²) in [5, 5.41) is 6.08. The van der Waals surface area contributed by atoms with E-state index in [0.717, 1.165) is 14.8 Å². The van der Waals surface area contributed by atoms with Gasteiger partial charge in [-0.2, -0.15) is 0 Å². The van der Waals surface area contributed by atoms with E-state index in [1.807, 2.05) is 25.1 Å². The van der Waals surface area contributed by atoms with Gasteiger partial charge in [-0.1, -0.05) is 0 Å². The minimum absolute atomic E-state index is 0.154. The number of H-pyrrole nitrogens is 1. The molecule has 0 amide bonds. The number of halogens is 2. The van der Waals surface area contributed by atoms with E-state index in [2.05, 4.69) is 33.0 Å². The molecule has 2 aromatic carbocycles. The van der Waals surface area contributed by atoms with Crippen LogP contribution in [-0.2, 0) is 7.05 Å². The van der Waals surface area contributed by atoms with Crippen LogP contribution in [-0.4, -0.2) is 9.78 Å². The van der Waals surface area contributed by atoms with Gasteiger partial charge >= 0.3 is 0 Å². The van der Waals surface area contributed by atoms with Gasteiger partial charge in [0.05, 0.1) is 5.56 Å². The summed E-state index contributed by atoms with van der Waals surface area (Å²) in [6.45, 7) is 1.98. The summed E-state index contributed by atoms with van der Waals surface area (Å²) < 4.78 is 16.2. The molecule has 0 atom stereocenters. The molecule has 3 aromatic rings. The van der Waals surface area contributed by atoms with Gasteiger partial charge in [-0.3, -0.25) is 9.48 Å². The largest absolute Gasteiger partial charge is 0.355 e. The highest BCUT2D eigenvalue weighted by molar-refractivity contribution is 14.1. The number of anilines is 2. The third-order valence-electron chi connectivity index (χ3n) is 3.67. The molecule has 0 aliphatic heterocycles. The van der Waals surface area contributed by atoms with Crippen molar-refractivity contribution < 1.29 is 4.39 Å². The number of aromatic amines is 1. The second-order valence-electron chi connectivity index (χ2n) is 5.33. The zero-order chi connectivity index (χ0) is 16.6. The topological polar surface area (TPSA) is 49.8 Å². The SMILES string of the molecule is Cc1cc(I)ccc1Nc1cc(F)ccc1-c1c[nH]n(C)c1=O. The number of benzene rings is 2. The van der Waals surface area contributed by atoms with E-state index in [1.165, 1.54) is 16.8 Å². The molecule has 0 aliphatic carbocycles. The van der Waals surface area contributed by atoms with Gasteiger partial charge in [-0.05, 0) is 71.5 Å². The van der Waals surface area contributed by atoms with E-state index in [-0.39, 0.29) is 11.4 Å². The summed E-state index contributed by atoms with van der Waals surface area (Å²) >= 11 is 2.25. The quantitative estimate of drug-likeness (QED) is 0.622. The Kier molecular flexibility index (Phi) is 4.25. The van der Waals surface area contributed by atoms with Crippen molar-refractivity contribution in [2.45, 2.75) is 6.92 Å². The zero-order valence-electron chi connectivity index (χ0n) is 12.7. The monoisotopic (exact) mass is 423 g/mol. The maximum Gasteiger partial charge on any atom is 0.274 e. The summed E-state index contributed by atoms with van der Waals surface area (Å²) in [6.07, 6.45) is 1.63. The first-order chi connectivity index (χ1) is 11.0. The number of aryl methyl sites for hydroxylation is 2. The van der Waals surface area contributed by atoms with E-state index < -0.39 is 0 Å². The molecule has 0 bridgehead atoms. The lowest BCUT2D eigenvalue weighted by Gasteiger charge is -2.13. The molecule has 23 heavy (non-hydrogen) atoms. The van der Waals surface area contributed by atoms with Gasteiger partial charge in [0.25, 0.3) is 5.56 Å². The average molecular weight is 423 g/mol. The second-order valence-corrected chi connectivity index (χ2v) is 6.57. The molecule has 0 aliphatic rings. The lowest BCUT2D eigenvalue weighted by atomic mass is 10.1. The van der Waals surface area contributed by atoms with E-state index in [0.29, 0.717) is 16.8 Å². The van der Waals surface area contributed by atoms with Crippen LogP contribution in [0.15, 0.2) is 47.4 Å². The maximum atomic E-state index is 13.7. The summed E-state index contributed by atoms with van der Waals surface area (Å²) in [4.78, 5) is 12.2. The molecule has 3 rings (SSSR count). The summed E-state index contributed by atoms with van der Waals surface area (Å²) in [6, 6.07) is 10.3. The first-order valence-corrected chi connectivity index (χ1v) is 8.11. The fourth-order valence-electron chi connectivity index (χ4n) is 2.42. The Bertz CT molecular complexity index is 930. The van der Waals surface area contributed by atoms with E-state index >= 15 is 0 Å². The molecule has 1 aromatic heterocycles. The van der Waals surface area contributed by atoms with Crippen molar-refractivity contribution in [2.24, 2.45) is 7.05 Å². The number of hydrogen-bond acceptors (Lipinski definition) is 2. The van der Waals surface area contributed by atoms with E-state index in [4.69, 9.17) is 0 Å². The molecular formula is C17H15FIN3O. The van der Waals surface area contributed by atoms with Gasteiger partial charge < -0.3 is 10.4 Å². The third kappa shape index (κ3) is 3.17. The van der Waals surface area contributed by atoms with Gasteiger partial charge in [0.15, 0.2) is 0 Å². The zero-order valence-corrected chi connectivity index (χ0v) is 14.8. The predicted molar refractivity (Wildman–Crippen MR) is 98.6 cm³/mol. The maximum absolute atomic E-state index is 13.7. The van der Waals surface area contributed by atoms with Crippen LogP contribution in [0.4, 0.5) is 15.8 Å². The summed E-state index contributed by atoms with van der Waals surface area (Å²) in [5.74, 6) is -0.355. The molecule has 118 valence electrons. The van der Waals surface area contributed by atoms with Gasteiger partial charge in [0.1, 0.15) is 5.82 Å². The molecule has 0 saturated carbocycles. The molecule has 0 spiro atoms. The second kappa shape index (κ2) is 6.19. The van der Waals surface area contributed by atoms with Gasteiger partial charge in [0, 0.05) is 33.8 Å². The van der Waals surface area contributed by atoms with Gasteiger partial charge in [0.2, 0.25) is 0 Å². The van der Waals surface area contributed by atoms with Crippen molar-refractivity contribution in [1.29, 1.82) is 0 Å². The number of nitrogens with one attached hydrogen (secondary N) is 2. The first kappa shape index (κ1) is 15.8. The van der Waals surface area contributed by atoms with Crippen molar-refractivity contribution >= 4 is 34.0 Å². The normalized spacial score (nSPS) is 10.8. The van der Waals surface area contributed by atoms with Crippen LogP contribution in [0.1, 0.15) is 5.56 Å². The van der Waals surface area contributed by atoms with Gasteiger partial charge in [-0.25, -0.2) is 4.39 Å². The Morgan fingerprint density at radius 3 is 2.57 bits per heavy atom. The van der Waals surface area contributed by atoms with Crippen LogP contribution >= 0.6 is 22.6 Å². The Balaban J connectivity index is 2.10. The Morgan fingerprint density at radius 1 is 1.13 bits per heavy atom. The lowest BCUT2D eigenvalue weighted by molar-refractivity contribution is 0.628. The number of nitrogens with zero attached hydrogens (tertiary/aromatic N) is 1. The van der Waals surface area contributed by atoms with Crippen molar-refractivity contribution in [3.05, 3.63) is 67.9 Å². The van der Waals surface area contributed by atoms with Crippen LogP contribution in [0.3, 0.4) is 0 Å². The summed E-state index contributed by atoms with van der Waals surface area (Å²) in [5.41, 5.74) is 3.49. The highest BCUT2D eigenvalue weighted by atomic mass is 127. The molecule has 0 saturated heterocycles. The Labute approximate surface area is 146 Å². The molecule has 0 unspecified atom stereocenters. The molecule has 6 heteroatoms. The van der Waals surface area contributed by atoms with E-state index in [9.17, 15) is 9.18 Å². The number of rotatable bonds is 3. The molecule has 0 radical (unpaired) electrons. The number of aromatic nitrogens is 2. The molecular weight excluding hydrogens is 408 g/mol. The van der Waals surface area contributed by atoms with Gasteiger partial charge in [-0.15, -0.1) is 0 Å². The van der Waals surface area contributed by atoms with Crippen molar-refractivity contribution in [3.63, 3.8) is 0 Å². The summed E-state index contributed by atoms with van der Waals surface area (Å²) in [7, 11) is 1.64. The predicted octanol–water partition coefficient (Wildman–Crippen LogP) is 4.18. The molecule has 2 N–H and O–H groups in total. The van der Waals surface area contributed by atoms with Crippen LogP contribution in [0, 0.1) is 16.3 Å². The third-order valence-corrected chi connectivity index (χ3v) is 4.34. The number of hydrogen-bond donors (Lipinski definition) is 2. The van der Waals surface area contributed by atoms with E-state index in [1.54, 1.807) is 19.3 Å². The average Bonchev–Trinajstić information content (AvgIpc) is 2.82. The fraction of sp³-hybridized carbons (Fsp3) is 0.118. The minimum atomic E-state index is -0.355. The lowest BCUT2D eigenvalue weighted by Crippen LogP contribution is -2.13. The Morgan fingerprint density at radius 2 is 1.91 bits per heavy atom. The smallest absolute Gasteiger partial charge is 0.274 e. The highest BCUT2D eigenvalue weighted by Gasteiger charge is 2.13. The fourth-order valence-corrected chi connectivity index (χ4v) is 3.07. The first-order valence-electron chi connectivity index (χ1n) is 7.03. The Hall–Kier alpha value is -2.09. The van der Waals surface area contributed by atoms with Crippen molar-refractivity contribution in [2.75, 3.05) is 5.32 Å². The van der Waals surface area contributed by atoms with Crippen LogP contribution in [0.2, 0.25) is 0 Å². The molecule has 1 heterocycles. The van der Waals surface area contributed by atoms with Crippen molar-refractivity contribution in [3.8, 4) is 11.1 Å². The molecule has 4 nitrogen and oxygen atoms in total.